The summed E-state index contributed by atoms with van der Waals surface area (Å²) in [6, 6.07) is 3.88. The number of guanidine groups is 1. The second-order valence-electron chi connectivity index (χ2n) is 7.58. The molecule has 0 bridgehead atoms. The number of aliphatic imine (C=N–C) groups is 1. The van der Waals surface area contributed by atoms with Crippen molar-refractivity contribution in [3.8, 4) is 17.2 Å². The standard InChI is InChI=1S/C22H38N4O3/c1-6-23-22(24-14-17(2)16-26-10-8-7-9-11-26)25-15-18-12-19(27-3)21(29-5)20(13-18)28-4/h12-13,17H,6-11,14-16H2,1-5H3,(H2,23,24,25). The Kier molecular flexibility index (Phi) is 9.91. The van der Waals surface area contributed by atoms with Gasteiger partial charge in [0.1, 0.15) is 0 Å². The van der Waals surface area contributed by atoms with Crippen molar-refractivity contribution in [3.05, 3.63) is 17.7 Å². The van der Waals surface area contributed by atoms with Crippen molar-refractivity contribution in [2.45, 2.75) is 39.7 Å². The lowest BCUT2D eigenvalue weighted by Crippen LogP contribution is -2.42. The Morgan fingerprint density at radius 2 is 1.69 bits per heavy atom. The normalized spacial score (nSPS) is 16.2. The van der Waals surface area contributed by atoms with Gasteiger partial charge in [0.15, 0.2) is 17.5 Å². The molecule has 29 heavy (non-hydrogen) atoms. The molecule has 0 aromatic heterocycles. The van der Waals surface area contributed by atoms with Crippen LogP contribution in [0.3, 0.4) is 0 Å². The van der Waals surface area contributed by atoms with Crippen LogP contribution in [0.5, 0.6) is 17.2 Å². The lowest BCUT2D eigenvalue weighted by molar-refractivity contribution is 0.201. The van der Waals surface area contributed by atoms with Gasteiger partial charge in [0, 0.05) is 19.6 Å². The number of likely N-dealkylation sites (tertiary alicyclic amines) is 1. The number of ether oxygens (including phenoxy) is 3. The molecule has 1 heterocycles. The first-order valence-electron chi connectivity index (χ1n) is 10.6. The van der Waals surface area contributed by atoms with E-state index in [1.807, 2.05) is 12.1 Å². The first kappa shape index (κ1) is 23.1. The Hall–Kier alpha value is -2.15. The van der Waals surface area contributed by atoms with E-state index < -0.39 is 0 Å². The van der Waals surface area contributed by atoms with Gasteiger partial charge in [-0.15, -0.1) is 0 Å². The quantitative estimate of drug-likeness (QED) is 0.460. The van der Waals surface area contributed by atoms with Crippen LogP contribution in [0.2, 0.25) is 0 Å². The van der Waals surface area contributed by atoms with E-state index in [2.05, 4.69) is 29.4 Å². The van der Waals surface area contributed by atoms with Gasteiger partial charge < -0.3 is 29.7 Å². The molecule has 0 saturated carbocycles. The molecule has 1 aromatic rings. The maximum atomic E-state index is 5.44. The van der Waals surface area contributed by atoms with Gasteiger partial charge in [-0.1, -0.05) is 13.3 Å². The minimum atomic E-state index is 0.520. The molecular weight excluding hydrogens is 368 g/mol. The molecular formula is C22H38N4O3. The Balaban J connectivity index is 1.97. The molecule has 7 nitrogen and oxygen atoms in total. The van der Waals surface area contributed by atoms with Crippen LogP contribution >= 0.6 is 0 Å². The third kappa shape index (κ3) is 7.31. The van der Waals surface area contributed by atoms with Gasteiger partial charge >= 0.3 is 0 Å². The largest absolute Gasteiger partial charge is 0.493 e. The fourth-order valence-corrected chi connectivity index (χ4v) is 3.66. The number of methoxy groups -OCH3 is 3. The molecule has 0 aliphatic carbocycles. The van der Waals surface area contributed by atoms with Crippen LogP contribution in [0.15, 0.2) is 17.1 Å². The number of rotatable bonds is 10. The van der Waals surface area contributed by atoms with E-state index in [0.29, 0.717) is 29.7 Å². The van der Waals surface area contributed by atoms with Gasteiger partial charge in [-0.05, 0) is 56.5 Å². The summed E-state index contributed by atoms with van der Waals surface area (Å²) in [6.07, 6.45) is 4.04. The summed E-state index contributed by atoms with van der Waals surface area (Å²) in [4.78, 5) is 7.32. The average molecular weight is 407 g/mol. The van der Waals surface area contributed by atoms with Crippen LogP contribution in [-0.4, -0.2) is 64.9 Å². The lowest BCUT2D eigenvalue weighted by Gasteiger charge is -2.29. The monoisotopic (exact) mass is 406 g/mol. The molecule has 1 aliphatic rings. The molecule has 0 radical (unpaired) electrons. The summed E-state index contributed by atoms with van der Waals surface area (Å²) >= 11 is 0. The lowest BCUT2D eigenvalue weighted by atomic mass is 10.1. The van der Waals surface area contributed by atoms with Crippen LogP contribution in [0.1, 0.15) is 38.7 Å². The molecule has 7 heteroatoms. The summed E-state index contributed by atoms with van der Waals surface area (Å²) in [5.74, 6) is 3.28. The van der Waals surface area contributed by atoms with Gasteiger partial charge in [-0.3, -0.25) is 0 Å². The fraction of sp³-hybridized carbons (Fsp3) is 0.682. The molecule has 1 atom stereocenters. The molecule has 1 unspecified atom stereocenters. The first-order chi connectivity index (χ1) is 14.1. The molecule has 1 fully saturated rings. The van der Waals surface area contributed by atoms with Crippen molar-refractivity contribution >= 4 is 5.96 Å². The van der Waals surface area contributed by atoms with Gasteiger partial charge in [0.2, 0.25) is 5.75 Å². The minimum Gasteiger partial charge on any atom is -0.493 e. The van der Waals surface area contributed by atoms with E-state index in [4.69, 9.17) is 19.2 Å². The molecule has 0 amide bonds. The maximum Gasteiger partial charge on any atom is 0.203 e. The highest BCUT2D eigenvalue weighted by atomic mass is 16.5. The van der Waals surface area contributed by atoms with Crippen LogP contribution in [0.25, 0.3) is 0 Å². The number of piperidine rings is 1. The van der Waals surface area contributed by atoms with Crippen LogP contribution in [-0.2, 0) is 6.54 Å². The Morgan fingerprint density at radius 3 is 2.24 bits per heavy atom. The van der Waals surface area contributed by atoms with Gasteiger partial charge in [0.05, 0.1) is 27.9 Å². The molecule has 1 aromatic carbocycles. The van der Waals surface area contributed by atoms with Crippen LogP contribution in [0, 0.1) is 5.92 Å². The van der Waals surface area contributed by atoms with E-state index in [1.165, 1.54) is 32.4 Å². The summed E-state index contributed by atoms with van der Waals surface area (Å²) < 4.78 is 16.3. The van der Waals surface area contributed by atoms with Crippen LogP contribution < -0.4 is 24.8 Å². The Labute approximate surface area is 175 Å². The van der Waals surface area contributed by atoms with Gasteiger partial charge in [-0.2, -0.15) is 0 Å². The third-order valence-corrected chi connectivity index (χ3v) is 5.13. The summed E-state index contributed by atoms with van der Waals surface area (Å²) in [5, 5.41) is 6.81. The first-order valence-corrected chi connectivity index (χ1v) is 10.6. The number of hydrogen-bond acceptors (Lipinski definition) is 5. The Morgan fingerprint density at radius 1 is 1.03 bits per heavy atom. The number of nitrogens with zero attached hydrogens (tertiary/aromatic N) is 2. The van der Waals surface area contributed by atoms with Gasteiger partial charge in [-0.25, -0.2) is 4.99 Å². The van der Waals surface area contributed by atoms with Gasteiger partial charge in [0.25, 0.3) is 0 Å². The molecule has 1 aliphatic heterocycles. The SMILES string of the molecule is CCNC(=NCc1cc(OC)c(OC)c(OC)c1)NCC(C)CN1CCCCC1. The van der Waals surface area contributed by atoms with E-state index in [9.17, 15) is 0 Å². The highest BCUT2D eigenvalue weighted by Gasteiger charge is 2.15. The predicted molar refractivity (Wildman–Crippen MR) is 118 cm³/mol. The highest BCUT2D eigenvalue weighted by Crippen LogP contribution is 2.38. The van der Waals surface area contributed by atoms with Crippen molar-refractivity contribution in [1.82, 2.24) is 15.5 Å². The van der Waals surface area contributed by atoms with Crippen molar-refractivity contribution in [2.75, 3.05) is 54.1 Å². The van der Waals surface area contributed by atoms with Crippen molar-refractivity contribution < 1.29 is 14.2 Å². The molecule has 0 spiro atoms. The molecule has 164 valence electrons. The summed E-state index contributed by atoms with van der Waals surface area (Å²) in [5.41, 5.74) is 0.998. The van der Waals surface area contributed by atoms with E-state index in [0.717, 1.165) is 31.2 Å². The van der Waals surface area contributed by atoms with Crippen molar-refractivity contribution in [2.24, 2.45) is 10.9 Å². The zero-order chi connectivity index (χ0) is 21.1. The van der Waals surface area contributed by atoms with E-state index in [1.54, 1.807) is 21.3 Å². The zero-order valence-electron chi connectivity index (χ0n) is 18.7. The summed E-state index contributed by atoms with van der Waals surface area (Å²) in [6.45, 7) is 10.2. The van der Waals surface area contributed by atoms with Crippen LogP contribution in [0.4, 0.5) is 0 Å². The average Bonchev–Trinajstić information content (AvgIpc) is 2.75. The predicted octanol–water partition coefficient (Wildman–Crippen LogP) is 2.89. The van der Waals surface area contributed by atoms with Crippen molar-refractivity contribution in [3.63, 3.8) is 0 Å². The number of hydrogen-bond donors (Lipinski definition) is 2. The topological polar surface area (TPSA) is 67.4 Å². The second-order valence-corrected chi connectivity index (χ2v) is 7.58. The maximum absolute atomic E-state index is 5.44. The highest BCUT2D eigenvalue weighted by molar-refractivity contribution is 5.79. The third-order valence-electron chi connectivity index (χ3n) is 5.13. The second kappa shape index (κ2) is 12.4. The van der Waals surface area contributed by atoms with E-state index in [-0.39, 0.29) is 0 Å². The minimum absolute atomic E-state index is 0.520. The molecule has 1 saturated heterocycles. The van der Waals surface area contributed by atoms with E-state index >= 15 is 0 Å². The number of benzene rings is 1. The summed E-state index contributed by atoms with van der Waals surface area (Å²) in [7, 11) is 4.86. The zero-order valence-corrected chi connectivity index (χ0v) is 18.7. The number of nitrogens with one attached hydrogen (secondary N) is 2. The molecule has 2 rings (SSSR count). The molecule has 2 N–H and O–H groups in total. The fourth-order valence-electron chi connectivity index (χ4n) is 3.66. The Bertz CT molecular complexity index is 620. The smallest absolute Gasteiger partial charge is 0.203 e. The van der Waals surface area contributed by atoms with Crippen molar-refractivity contribution in [1.29, 1.82) is 0 Å².